The number of benzene rings is 1. The molecule has 1 aliphatic rings. The van der Waals surface area contributed by atoms with Crippen molar-refractivity contribution in [3.63, 3.8) is 0 Å². The fraction of sp³-hybridized carbons (Fsp3) is 0.333. The van der Waals surface area contributed by atoms with Crippen molar-refractivity contribution in [2.24, 2.45) is 11.0 Å². The summed E-state index contributed by atoms with van der Waals surface area (Å²) in [5, 5.41) is 4.85. The van der Waals surface area contributed by atoms with E-state index >= 15 is 0 Å². The molecule has 0 radical (unpaired) electrons. The second-order valence-corrected chi connectivity index (χ2v) is 6.14. The molecule has 1 aliphatic carbocycles. The minimum Gasteiger partial charge on any atom is -0.484 e. The second-order valence-electron chi connectivity index (χ2n) is 5.71. The van der Waals surface area contributed by atoms with Crippen LogP contribution in [0, 0.1) is 5.92 Å². The van der Waals surface area contributed by atoms with Crippen LogP contribution < -0.4 is 10.2 Å². The highest BCUT2D eigenvalue weighted by Crippen LogP contribution is 2.26. The van der Waals surface area contributed by atoms with Crippen LogP contribution >= 0.6 is 11.6 Å². The van der Waals surface area contributed by atoms with Gasteiger partial charge in [-0.05, 0) is 62.4 Å². The molecule has 5 heteroatoms. The van der Waals surface area contributed by atoms with Crippen molar-refractivity contribution in [2.75, 3.05) is 6.61 Å². The topological polar surface area (TPSA) is 50.7 Å². The van der Waals surface area contributed by atoms with Crippen molar-refractivity contribution in [1.29, 1.82) is 0 Å². The Balaban J connectivity index is 1.87. The summed E-state index contributed by atoms with van der Waals surface area (Å²) >= 11 is 5.79. The molecule has 1 atom stereocenters. The SMILES string of the molecule is C=C(C)[C@H]1CC=C(C)/C(=N\NC(=O)COc2ccc(Cl)cc2)C1. The number of carbonyl (C=O) groups excluding carboxylic acids is 1. The van der Waals surface area contributed by atoms with Crippen LogP contribution in [0.1, 0.15) is 26.7 Å². The van der Waals surface area contributed by atoms with Gasteiger partial charge in [-0.25, -0.2) is 5.43 Å². The number of nitrogens with zero attached hydrogens (tertiary/aromatic N) is 1. The number of halogens is 1. The van der Waals surface area contributed by atoms with Gasteiger partial charge in [-0.3, -0.25) is 4.79 Å². The molecule has 0 fully saturated rings. The quantitative estimate of drug-likeness (QED) is 0.651. The summed E-state index contributed by atoms with van der Waals surface area (Å²) in [5.41, 5.74) is 5.68. The first kappa shape index (κ1) is 17.3. The monoisotopic (exact) mass is 332 g/mol. The molecular formula is C18H21ClN2O2. The van der Waals surface area contributed by atoms with E-state index in [-0.39, 0.29) is 12.5 Å². The summed E-state index contributed by atoms with van der Waals surface area (Å²) in [7, 11) is 0. The lowest BCUT2D eigenvalue weighted by atomic mass is 9.85. The number of hydrogen-bond acceptors (Lipinski definition) is 3. The van der Waals surface area contributed by atoms with Crippen molar-refractivity contribution >= 4 is 23.2 Å². The van der Waals surface area contributed by atoms with E-state index < -0.39 is 0 Å². The first-order valence-electron chi connectivity index (χ1n) is 7.52. The van der Waals surface area contributed by atoms with Crippen LogP contribution in [0.2, 0.25) is 5.02 Å². The van der Waals surface area contributed by atoms with E-state index in [0.29, 0.717) is 16.7 Å². The number of carbonyl (C=O) groups is 1. The van der Waals surface area contributed by atoms with E-state index in [0.717, 1.165) is 29.7 Å². The van der Waals surface area contributed by atoms with Gasteiger partial charge in [-0.2, -0.15) is 5.10 Å². The lowest BCUT2D eigenvalue weighted by molar-refractivity contribution is -0.123. The average molecular weight is 333 g/mol. The lowest BCUT2D eigenvalue weighted by Crippen LogP contribution is -2.27. The number of hydrogen-bond donors (Lipinski definition) is 1. The van der Waals surface area contributed by atoms with Crippen molar-refractivity contribution in [1.82, 2.24) is 5.43 Å². The molecule has 1 aromatic rings. The molecule has 0 saturated carbocycles. The van der Waals surface area contributed by atoms with Crippen LogP contribution in [-0.2, 0) is 4.79 Å². The van der Waals surface area contributed by atoms with Gasteiger partial charge in [0.25, 0.3) is 5.91 Å². The average Bonchev–Trinajstić information content (AvgIpc) is 2.53. The zero-order valence-corrected chi connectivity index (χ0v) is 14.2. The van der Waals surface area contributed by atoms with Gasteiger partial charge in [-0.15, -0.1) is 0 Å². The van der Waals surface area contributed by atoms with Crippen LogP contribution in [0.15, 0.2) is 53.2 Å². The Kier molecular flexibility index (Phi) is 5.99. The number of allylic oxidation sites excluding steroid dienone is 3. The van der Waals surface area contributed by atoms with Gasteiger partial charge in [0, 0.05) is 5.02 Å². The van der Waals surface area contributed by atoms with Crippen LogP contribution in [-0.4, -0.2) is 18.2 Å². The molecule has 0 saturated heterocycles. The molecular weight excluding hydrogens is 312 g/mol. The number of ether oxygens (including phenoxy) is 1. The molecule has 1 aromatic carbocycles. The predicted molar refractivity (Wildman–Crippen MR) is 93.8 cm³/mol. The molecule has 0 aromatic heterocycles. The molecule has 0 unspecified atom stereocenters. The fourth-order valence-corrected chi connectivity index (χ4v) is 2.39. The van der Waals surface area contributed by atoms with Gasteiger partial charge in [0.2, 0.25) is 0 Å². The largest absolute Gasteiger partial charge is 0.484 e. The third-order valence-electron chi connectivity index (χ3n) is 3.80. The molecule has 1 amide bonds. The van der Waals surface area contributed by atoms with Gasteiger partial charge in [-0.1, -0.05) is 29.8 Å². The Bertz CT molecular complexity index is 647. The van der Waals surface area contributed by atoms with E-state index in [1.165, 1.54) is 0 Å². The van der Waals surface area contributed by atoms with E-state index in [1.54, 1.807) is 24.3 Å². The maximum Gasteiger partial charge on any atom is 0.277 e. The summed E-state index contributed by atoms with van der Waals surface area (Å²) in [4.78, 5) is 11.8. The normalized spacial score (nSPS) is 19.2. The van der Waals surface area contributed by atoms with Gasteiger partial charge >= 0.3 is 0 Å². The van der Waals surface area contributed by atoms with Crippen LogP contribution in [0.4, 0.5) is 0 Å². The third-order valence-corrected chi connectivity index (χ3v) is 4.05. The molecule has 2 rings (SSSR count). The molecule has 0 bridgehead atoms. The number of rotatable bonds is 5. The van der Waals surface area contributed by atoms with E-state index in [2.05, 4.69) is 23.2 Å². The Labute approximate surface area is 141 Å². The molecule has 0 spiro atoms. The maximum absolute atomic E-state index is 11.8. The fourth-order valence-electron chi connectivity index (χ4n) is 2.27. The van der Waals surface area contributed by atoms with Gasteiger partial charge < -0.3 is 4.74 Å². The summed E-state index contributed by atoms with van der Waals surface area (Å²) in [6, 6.07) is 6.85. The number of nitrogens with one attached hydrogen (secondary N) is 1. The Morgan fingerprint density at radius 3 is 2.78 bits per heavy atom. The predicted octanol–water partition coefficient (Wildman–Crippen LogP) is 4.12. The lowest BCUT2D eigenvalue weighted by Gasteiger charge is -2.22. The van der Waals surface area contributed by atoms with Gasteiger partial charge in [0.1, 0.15) is 5.75 Å². The first-order valence-corrected chi connectivity index (χ1v) is 7.90. The van der Waals surface area contributed by atoms with Gasteiger partial charge in [0.05, 0.1) is 5.71 Å². The smallest absolute Gasteiger partial charge is 0.277 e. The van der Waals surface area contributed by atoms with E-state index in [1.807, 2.05) is 13.8 Å². The summed E-state index contributed by atoms with van der Waals surface area (Å²) in [5.74, 6) is 0.686. The molecule has 23 heavy (non-hydrogen) atoms. The number of amides is 1. The minimum absolute atomic E-state index is 0.0922. The van der Waals surface area contributed by atoms with E-state index in [4.69, 9.17) is 16.3 Å². The van der Waals surface area contributed by atoms with Crippen molar-refractivity contribution in [2.45, 2.75) is 26.7 Å². The molecule has 0 aliphatic heterocycles. The minimum atomic E-state index is -0.294. The standard InChI is InChI=1S/C18H21ClN2O2/c1-12(2)14-5-4-13(3)17(10-14)20-21-18(22)11-23-16-8-6-15(19)7-9-16/h4,6-9,14H,1,5,10-11H2,2-3H3,(H,21,22)/b20-17-/t14-/m0/s1. The zero-order valence-electron chi connectivity index (χ0n) is 13.4. The molecule has 122 valence electrons. The number of hydrazone groups is 1. The summed E-state index contributed by atoms with van der Waals surface area (Å²) < 4.78 is 5.38. The van der Waals surface area contributed by atoms with Crippen LogP contribution in [0.3, 0.4) is 0 Å². The summed E-state index contributed by atoms with van der Waals surface area (Å²) in [6.45, 7) is 7.94. The van der Waals surface area contributed by atoms with Crippen LogP contribution in [0.5, 0.6) is 5.75 Å². The summed E-state index contributed by atoms with van der Waals surface area (Å²) in [6.07, 6.45) is 3.92. The Morgan fingerprint density at radius 2 is 2.13 bits per heavy atom. The van der Waals surface area contributed by atoms with E-state index in [9.17, 15) is 4.79 Å². The highest BCUT2D eigenvalue weighted by molar-refractivity contribution is 6.30. The van der Waals surface area contributed by atoms with Crippen molar-refractivity contribution in [3.05, 3.63) is 53.1 Å². The zero-order chi connectivity index (χ0) is 16.8. The Hall–Kier alpha value is -2.07. The van der Waals surface area contributed by atoms with Crippen molar-refractivity contribution in [3.8, 4) is 5.75 Å². The third kappa shape index (κ3) is 5.25. The van der Waals surface area contributed by atoms with Crippen molar-refractivity contribution < 1.29 is 9.53 Å². The van der Waals surface area contributed by atoms with Crippen LogP contribution in [0.25, 0.3) is 0 Å². The Morgan fingerprint density at radius 1 is 1.43 bits per heavy atom. The highest BCUT2D eigenvalue weighted by Gasteiger charge is 2.18. The molecule has 1 N–H and O–H groups in total. The van der Waals surface area contributed by atoms with Gasteiger partial charge in [0.15, 0.2) is 6.61 Å². The molecule has 0 heterocycles. The highest BCUT2D eigenvalue weighted by atomic mass is 35.5. The maximum atomic E-state index is 11.8. The first-order chi connectivity index (χ1) is 11.0. The molecule has 4 nitrogen and oxygen atoms in total. The second kappa shape index (κ2) is 7.97.